The number of aliphatic hydroxyl groups excluding tert-OH is 1. The first-order valence-corrected chi connectivity index (χ1v) is 11.1. The summed E-state index contributed by atoms with van der Waals surface area (Å²) in [6.07, 6.45) is -0.968. The lowest BCUT2D eigenvalue weighted by Crippen LogP contribution is -2.54. The highest BCUT2D eigenvalue weighted by atomic mass is 35.5. The zero-order chi connectivity index (χ0) is 23.7. The number of para-hydroxylation sites is 1. The van der Waals surface area contributed by atoms with E-state index >= 15 is 0 Å². The number of methoxy groups -OCH3 is 1. The number of carbonyl (C=O) groups is 3. The van der Waals surface area contributed by atoms with Crippen LogP contribution in [0.2, 0.25) is 5.02 Å². The predicted octanol–water partition coefficient (Wildman–Crippen LogP) is 1.96. The van der Waals surface area contributed by atoms with Gasteiger partial charge in [-0.2, -0.15) is 0 Å². The molecule has 0 unspecified atom stereocenters. The van der Waals surface area contributed by atoms with Crippen molar-refractivity contribution in [1.29, 1.82) is 0 Å². The van der Waals surface area contributed by atoms with Crippen LogP contribution in [0.5, 0.6) is 5.75 Å². The van der Waals surface area contributed by atoms with E-state index in [1.165, 1.54) is 12.0 Å². The van der Waals surface area contributed by atoms with Gasteiger partial charge in [-0.1, -0.05) is 35.9 Å². The summed E-state index contributed by atoms with van der Waals surface area (Å²) in [7, 11) is 1.52. The molecule has 5 atom stereocenters. The summed E-state index contributed by atoms with van der Waals surface area (Å²) < 4.78 is 5.38. The van der Waals surface area contributed by atoms with Gasteiger partial charge in [-0.05, 0) is 31.5 Å². The van der Waals surface area contributed by atoms with Crippen molar-refractivity contribution in [3.8, 4) is 5.75 Å². The summed E-state index contributed by atoms with van der Waals surface area (Å²) in [6, 6.07) is 9.77. The van der Waals surface area contributed by atoms with Gasteiger partial charge in [0.25, 0.3) is 0 Å². The van der Waals surface area contributed by atoms with Gasteiger partial charge in [0.15, 0.2) is 0 Å². The van der Waals surface area contributed by atoms with E-state index < -0.39 is 47.2 Å². The van der Waals surface area contributed by atoms with Crippen LogP contribution in [-0.2, 0) is 26.5 Å². The molecule has 0 aromatic heterocycles. The van der Waals surface area contributed by atoms with E-state index in [1.54, 1.807) is 50.2 Å². The van der Waals surface area contributed by atoms with Gasteiger partial charge in [0, 0.05) is 22.2 Å². The van der Waals surface area contributed by atoms with Crippen LogP contribution in [0.15, 0.2) is 36.4 Å². The number of amides is 3. The van der Waals surface area contributed by atoms with E-state index in [0.717, 1.165) is 0 Å². The molecule has 0 bridgehead atoms. The molecule has 2 aromatic rings. The van der Waals surface area contributed by atoms with Crippen molar-refractivity contribution in [3.05, 3.63) is 58.1 Å². The van der Waals surface area contributed by atoms with Gasteiger partial charge in [-0.3, -0.25) is 24.6 Å². The lowest BCUT2D eigenvalue weighted by atomic mass is 9.76. The lowest BCUT2D eigenvalue weighted by Gasteiger charge is -2.30. The first-order valence-electron chi connectivity index (χ1n) is 10.8. The summed E-state index contributed by atoms with van der Waals surface area (Å²) in [6.45, 7) is 3.36. The van der Waals surface area contributed by atoms with Crippen molar-refractivity contribution in [2.75, 3.05) is 12.4 Å². The monoisotopic (exact) mass is 469 g/mol. The molecule has 0 saturated carbocycles. The minimum absolute atomic E-state index is 0.0193. The molecule has 0 aliphatic carbocycles. The number of ether oxygens (including phenoxy) is 1. The third-order valence-electron chi connectivity index (χ3n) is 7.15. The molecule has 3 aliphatic rings. The van der Waals surface area contributed by atoms with Crippen LogP contribution in [0.3, 0.4) is 0 Å². The third kappa shape index (κ3) is 2.87. The van der Waals surface area contributed by atoms with Crippen LogP contribution in [0.1, 0.15) is 23.6 Å². The molecular formula is C24H24ClN3O5. The van der Waals surface area contributed by atoms with Crippen LogP contribution in [-0.4, -0.2) is 47.0 Å². The number of anilines is 1. The van der Waals surface area contributed by atoms with Gasteiger partial charge >= 0.3 is 0 Å². The molecule has 3 N–H and O–H groups in total. The number of hydrogen-bond acceptors (Lipinski definition) is 6. The first-order chi connectivity index (χ1) is 15.7. The molecule has 0 radical (unpaired) electrons. The number of fused-ring (bicyclic) bond motifs is 4. The zero-order valence-electron chi connectivity index (χ0n) is 18.4. The van der Waals surface area contributed by atoms with Crippen molar-refractivity contribution < 1.29 is 24.2 Å². The number of halogens is 1. The molecule has 33 heavy (non-hydrogen) atoms. The Morgan fingerprint density at radius 3 is 2.61 bits per heavy atom. The van der Waals surface area contributed by atoms with Gasteiger partial charge in [0.2, 0.25) is 17.7 Å². The molecule has 2 saturated heterocycles. The van der Waals surface area contributed by atoms with E-state index in [9.17, 15) is 19.5 Å². The van der Waals surface area contributed by atoms with E-state index in [2.05, 4.69) is 10.6 Å². The Morgan fingerprint density at radius 1 is 1.18 bits per heavy atom. The van der Waals surface area contributed by atoms with Crippen LogP contribution in [0.4, 0.5) is 5.69 Å². The number of rotatable bonds is 4. The van der Waals surface area contributed by atoms with Crippen molar-refractivity contribution in [2.45, 2.75) is 38.1 Å². The summed E-state index contributed by atoms with van der Waals surface area (Å²) in [4.78, 5) is 42.0. The zero-order valence-corrected chi connectivity index (χ0v) is 19.1. The number of benzene rings is 2. The molecule has 2 fully saturated rings. The quantitative estimate of drug-likeness (QED) is 0.591. The highest BCUT2D eigenvalue weighted by Crippen LogP contribution is 2.54. The van der Waals surface area contributed by atoms with Crippen LogP contribution >= 0.6 is 11.6 Å². The molecule has 3 aliphatic heterocycles. The Labute approximate surface area is 195 Å². The van der Waals surface area contributed by atoms with Gasteiger partial charge in [-0.15, -0.1) is 0 Å². The van der Waals surface area contributed by atoms with E-state index in [4.69, 9.17) is 16.3 Å². The maximum absolute atomic E-state index is 13.8. The fourth-order valence-electron chi connectivity index (χ4n) is 5.55. The van der Waals surface area contributed by atoms with Crippen molar-refractivity contribution >= 4 is 35.0 Å². The van der Waals surface area contributed by atoms with Crippen molar-refractivity contribution in [2.24, 2.45) is 11.8 Å². The van der Waals surface area contributed by atoms with E-state index in [0.29, 0.717) is 33.1 Å². The maximum Gasteiger partial charge on any atom is 0.250 e. The molecule has 172 valence electrons. The number of hydrogen-bond donors (Lipinski definition) is 3. The number of carbonyl (C=O) groups excluding carboxylic acids is 3. The molecule has 5 rings (SSSR count). The average molecular weight is 470 g/mol. The second-order valence-electron chi connectivity index (χ2n) is 8.85. The Balaban J connectivity index is 1.63. The Bertz CT molecular complexity index is 1200. The molecular weight excluding hydrogens is 446 g/mol. The summed E-state index contributed by atoms with van der Waals surface area (Å²) >= 11 is 6.27. The molecule has 9 heteroatoms. The highest BCUT2D eigenvalue weighted by molar-refractivity contribution is 6.32. The molecule has 2 aromatic carbocycles. The number of nitrogens with zero attached hydrogens (tertiary/aromatic N) is 1. The smallest absolute Gasteiger partial charge is 0.250 e. The van der Waals surface area contributed by atoms with Gasteiger partial charge in [-0.25, -0.2) is 0 Å². The van der Waals surface area contributed by atoms with E-state index in [-0.39, 0.29) is 6.54 Å². The molecule has 3 amide bonds. The first kappa shape index (κ1) is 21.9. The predicted molar refractivity (Wildman–Crippen MR) is 121 cm³/mol. The normalized spacial score (nSPS) is 28.8. The van der Waals surface area contributed by atoms with Crippen molar-refractivity contribution in [1.82, 2.24) is 10.2 Å². The third-order valence-corrected chi connectivity index (χ3v) is 7.56. The highest BCUT2D eigenvalue weighted by Gasteiger charge is 2.71. The van der Waals surface area contributed by atoms with Crippen LogP contribution < -0.4 is 15.4 Å². The van der Waals surface area contributed by atoms with Crippen LogP contribution in [0.25, 0.3) is 0 Å². The fraction of sp³-hybridized carbons (Fsp3) is 0.375. The Kier molecular flexibility index (Phi) is 5.00. The topological polar surface area (TPSA) is 108 Å². The number of likely N-dealkylation sites (tertiary alicyclic amines) is 1. The maximum atomic E-state index is 13.8. The van der Waals surface area contributed by atoms with E-state index in [1.807, 2.05) is 0 Å². The Hall–Kier alpha value is -2.94. The number of nitrogens with one attached hydrogen (secondary N) is 2. The van der Waals surface area contributed by atoms with Crippen molar-refractivity contribution in [3.63, 3.8) is 0 Å². The lowest BCUT2D eigenvalue weighted by molar-refractivity contribution is -0.143. The Morgan fingerprint density at radius 2 is 1.91 bits per heavy atom. The van der Waals surface area contributed by atoms with Gasteiger partial charge in [0.1, 0.15) is 11.3 Å². The fourth-order valence-corrected chi connectivity index (χ4v) is 5.71. The minimum atomic E-state index is -1.47. The molecule has 1 spiro atoms. The van der Waals surface area contributed by atoms with Gasteiger partial charge in [0.05, 0.1) is 37.3 Å². The molecule has 3 heterocycles. The second-order valence-corrected chi connectivity index (χ2v) is 9.25. The summed E-state index contributed by atoms with van der Waals surface area (Å²) in [5, 5.41) is 17.1. The standard InChI is InChI=1S/C24H24ClN3O5/c1-11-15(25)9-8-14-19(11)26-23(32)24(14)18-17(20(27-24)12(2)29)21(30)28(22(18)31)10-13-6-4-5-7-16(13)33-3/h4-9,12,17-18,20,27,29H,10H2,1-3H3,(H,26,32)/t12-,17-,18-,20+,24-/m0/s1. The molecule has 8 nitrogen and oxygen atoms in total. The average Bonchev–Trinajstić information content (AvgIpc) is 3.38. The summed E-state index contributed by atoms with van der Waals surface area (Å²) in [5.41, 5.74) is 0.984. The van der Waals surface area contributed by atoms with Crippen LogP contribution in [0, 0.1) is 18.8 Å². The number of imide groups is 1. The largest absolute Gasteiger partial charge is 0.496 e. The minimum Gasteiger partial charge on any atom is -0.496 e. The second kappa shape index (κ2) is 7.55. The van der Waals surface area contributed by atoms with Gasteiger partial charge < -0.3 is 15.2 Å². The SMILES string of the molecule is COc1ccccc1CN1C(=O)[C@@H]2[C@@H]([C@H](C)O)N[C@]3(C(=O)Nc4c3ccc(Cl)c4C)[C@@H]2C1=O. The summed E-state index contributed by atoms with van der Waals surface area (Å²) in [5.74, 6) is -2.63. The number of aliphatic hydroxyl groups is 1.